The Labute approximate surface area is 177 Å². The number of ketones is 1. The molecule has 164 valence electrons. The van der Waals surface area contributed by atoms with E-state index in [0.29, 0.717) is 11.3 Å². The van der Waals surface area contributed by atoms with Crippen LogP contribution in [0.3, 0.4) is 0 Å². The third-order valence-electron chi connectivity index (χ3n) is 3.92. The van der Waals surface area contributed by atoms with Crippen LogP contribution in [0.15, 0.2) is 30.3 Å². The highest BCUT2D eigenvalue weighted by molar-refractivity contribution is 7.99. The van der Waals surface area contributed by atoms with Crippen molar-refractivity contribution in [1.29, 1.82) is 0 Å². The van der Waals surface area contributed by atoms with Gasteiger partial charge < -0.3 is 26.6 Å². The van der Waals surface area contributed by atoms with Crippen molar-refractivity contribution in [3.63, 3.8) is 0 Å². The molecule has 1 aromatic rings. The molecule has 0 saturated carbocycles. The van der Waals surface area contributed by atoms with Crippen LogP contribution in [-0.4, -0.2) is 69.9 Å². The minimum atomic E-state index is -1.24. The van der Waals surface area contributed by atoms with E-state index in [4.69, 9.17) is 15.9 Å². The summed E-state index contributed by atoms with van der Waals surface area (Å²) in [6, 6.07) is 6.50. The number of nitrogens with one attached hydrogen (secondary N) is 2. The Morgan fingerprint density at radius 2 is 1.70 bits per heavy atom. The topological polar surface area (TPSA) is 176 Å². The van der Waals surface area contributed by atoms with Crippen molar-refractivity contribution >= 4 is 41.3 Å². The number of carboxylic acids is 2. The Balaban J connectivity index is 2.54. The van der Waals surface area contributed by atoms with E-state index in [2.05, 4.69) is 10.6 Å². The molecular weight excluding hydrogens is 414 g/mol. The third-order valence-corrected chi connectivity index (χ3v) is 4.98. The molecule has 0 bridgehead atoms. The minimum absolute atomic E-state index is 0.0540. The molecule has 0 aromatic heterocycles. The molecule has 1 rings (SSSR count). The number of carbonyl (C=O) groups excluding carboxylic acids is 3. The molecule has 2 amide bonds. The molecule has 30 heavy (non-hydrogen) atoms. The zero-order chi connectivity index (χ0) is 22.5. The van der Waals surface area contributed by atoms with Gasteiger partial charge in [0.05, 0.1) is 0 Å². The lowest BCUT2D eigenvalue weighted by atomic mass is 10.1. The number of benzene rings is 1. The van der Waals surface area contributed by atoms with Crippen molar-refractivity contribution in [3.05, 3.63) is 35.9 Å². The number of carboxylic acid groups (broad SMARTS) is 2. The molecule has 0 aliphatic rings. The van der Waals surface area contributed by atoms with E-state index in [1.54, 1.807) is 30.3 Å². The van der Waals surface area contributed by atoms with Gasteiger partial charge in [0.2, 0.25) is 11.8 Å². The molecule has 0 heterocycles. The number of hydrogen-bond donors (Lipinski definition) is 5. The molecule has 1 unspecified atom stereocenters. The molecule has 0 aliphatic carbocycles. The van der Waals surface area contributed by atoms with Gasteiger partial charge in [0.1, 0.15) is 18.6 Å². The van der Waals surface area contributed by atoms with E-state index in [0.717, 1.165) is 0 Å². The van der Waals surface area contributed by atoms with Crippen molar-refractivity contribution in [2.75, 3.05) is 18.1 Å². The van der Waals surface area contributed by atoms with Gasteiger partial charge in [-0.1, -0.05) is 30.3 Å². The minimum Gasteiger partial charge on any atom is -0.480 e. The molecule has 0 fully saturated rings. The first-order valence-corrected chi connectivity index (χ1v) is 10.3. The molecule has 2 atom stereocenters. The molecule has 11 heteroatoms. The SMILES string of the molecule is N[C@@H](CCC(=O)NC(CSCCC(=O)c1ccccc1)C(=O)NCC(=O)O)C(=O)O. The van der Waals surface area contributed by atoms with Gasteiger partial charge in [0, 0.05) is 29.9 Å². The zero-order valence-electron chi connectivity index (χ0n) is 16.2. The number of hydrogen-bond acceptors (Lipinski definition) is 7. The maximum atomic E-state index is 12.2. The predicted molar refractivity (Wildman–Crippen MR) is 110 cm³/mol. The van der Waals surface area contributed by atoms with Crippen molar-refractivity contribution in [3.8, 4) is 0 Å². The standard InChI is InChI=1S/C19H25N3O7S/c20-13(19(28)29)6-7-16(24)22-14(18(27)21-10-17(25)26)11-30-9-8-15(23)12-4-2-1-3-5-12/h1-5,13-14H,6-11,20H2,(H,21,27)(H,22,24)(H,25,26)(H,28,29)/t13-,14?/m0/s1. The van der Waals surface area contributed by atoms with E-state index in [1.807, 2.05) is 0 Å². The van der Waals surface area contributed by atoms with E-state index < -0.39 is 42.4 Å². The fraction of sp³-hybridized carbons (Fsp3) is 0.421. The van der Waals surface area contributed by atoms with Crippen LogP contribution in [0.2, 0.25) is 0 Å². The van der Waals surface area contributed by atoms with Gasteiger partial charge in [-0.05, 0) is 6.42 Å². The normalized spacial score (nSPS) is 12.4. The average Bonchev–Trinajstić information content (AvgIpc) is 2.72. The second kappa shape index (κ2) is 13.3. The van der Waals surface area contributed by atoms with Gasteiger partial charge in [0.25, 0.3) is 0 Å². The second-order valence-corrected chi connectivity index (χ2v) is 7.48. The summed E-state index contributed by atoms with van der Waals surface area (Å²) in [5, 5.41) is 22.1. The highest BCUT2D eigenvalue weighted by Gasteiger charge is 2.22. The maximum Gasteiger partial charge on any atom is 0.322 e. The lowest BCUT2D eigenvalue weighted by Crippen LogP contribution is -2.49. The number of Topliss-reactive ketones (excluding diaryl/α,β-unsaturated/α-hetero) is 1. The Morgan fingerprint density at radius 3 is 2.30 bits per heavy atom. The summed E-state index contributed by atoms with van der Waals surface area (Å²) in [6.45, 7) is -0.605. The smallest absolute Gasteiger partial charge is 0.322 e. The fourth-order valence-corrected chi connectivity index (χ4v) is 3.25. The number of aliphatic carboxylic acids is 2. The van der Waals surface area contributed by atoms with Gasteiger partial charge in [-0.3, -0.25) is 24.0 Å². The number of amides is 2. The first kappa shape index (κ1) is 25.1. The summed E-state index contributed by atoms with van der Waals surface area (Å²) in [4.78, 5) is 57.7. The van der Waals surface area contributed by atoms with Crippen LogP contribution in [0.25, 0.3) is 0 Å². The van der Waals surface area contributed by atoms with E-state index in [1.165, 1.54) is 11.8 Å². The number of thioether (sulfide) groups is 1. The van der Waals surface area contributed by atoms with Crippen molar-refractivity contribution in [1.82, 2.24) is 10.6 Å². The molecule has 1 aromatic carbocycles. The first-order valence-electron chi connectivity index (χ1n) is 9.14. The third kappa shape index (κ3) is 10.0. The van der Waals surface area contributed by atoms with Crippen LogP contribution in [0, 0.1) is 0 Å². The predicted octanol–water partition coefficient (Wildman–Crippen LogP) is -0.130. The molecule has 10 nitrogen and oxygen atoms in total. The van der Waals surface area contributed by atoms with Gasteiger partial charge in [-0.25, -0.2) is 0 Å². The molecule has 0 radical (unpaired) electrons. The van der Waals surface area contributed by atoms with Crippen LogP contribution >= 0.6 is 11.8 Å². The Bertz CT molecular complexity index is 758. The van der Waals surface area contributed by atoms with Crippen molar-refractivity contribution in [2.45, 2.75) is 31.3 Å². The average molecular weight is 439 g/mol. The van der Waals surface area contributed by atoms with E-state index in [9.17, 15) is 24.0 Å². The summed E-state index contributed by atoms with van der Waals surface area (Å²) in [5.74, 6) is -3.28. The molecule has 0 spiro atoms. The Kier molecular flexibility index (Phi) is 11.2. The molecule has 0 aliphatic heterocycles. The summed E-state index contributed by atoms with van der Waals surface area (Å²) in [7, 11) is 0. The van der Waals surface area contributed by atoms with Crippen LogP contribution in [0.4, 0.5) is 0 Å². The van der Waals surface area contributed by atoms with Crippen LogP contribution in [0.1, 0.15) is 29.6 Å². The van der Waals surface area contributed by atoms with Gasteiger partial charge in [-0.2, -0.15) is 11.8 Å². The van der Waals surface area contributed by atoms with Gasteiger partial charge >= 0.3 is 11.9 Å². The maximum absolute atomic E-state index is 12.2. The molecule has 6 N–H and O–H groups in total. The largest absolute Gasteiger partial charge is 0.480 e. The fourth-order valence-electron chi connectivity index (χ4n) is 2.28. The number of rotatable bonds is 14. The number of carbonyl (C=O) groups is 5. The number of nitrogens with two attached hydrogens (primary N) is 1. The molecule has 0 saturated heterocycles. The van der Waals surface area contributed by atoms with Crippen molar-refractivity contribution in [2.24, 2.45) is 5.73 Å². The highest BCUT2D eigenvalue weighted by atomic mass is 32.2. The summed E-state index contributed by atoms with van der Waals surface area (Å²) in [6.07, 6.45) is -0.0732. The summed E-state index contributed by atoms with van der Waals surface area (Å²) in [5.41, 5.74) is 5.93. The van der Waals surface area contributed by atoms with Crippen molar-refractivity contribution < 1.29 is 34.2 Å². The monoisotopic (exact) mass is 439 g/mol. The van der Waals surface area contributed by atoms with E-state index in [-0.39, 0.29) is 30.8 Å². The Hall–Kier alpha value is -2.92. The van der Waals surface area contributed by atoms with Crippen LogP contribution < -0.4 is 16.4 Å². The van der Waals surface area contributed by atoms with Gasteiger partial charge in [0.15, 0.2) is 5.78 Å². The molecular formula is C19H25N3O7S. The van der Waals surface area contributed by atoms with Gasteiger partial charge in [-0.15, -0.1) is 0 Å². The van der Waals surface area contributed by atoms with E-state index >= 15 is 0 Å². The van der Waals surface area contributed by atoms with Crippen LogP contribution in [0.5, 0.6) is 0 Å². The summed E-state index contributed by atoms with van der Waals surface area (Å²) >= 11 is 1.26. The lowest BCUT2D eigenvalue weighted by Gasteiger charge is -2.18. The summed E-state index contributed by atoms with van der Waals surface area (Å²) < 4.78 is 0. The first-order chi connectivity index (χ1) is 14.2. The zero-order valence-corrected chi connectivity index (χ0v) is 17.0. The van der Waals surface area contributed by atoms with Crippen LogP contribution in [-0.2, 0) is 19.2 Å². The second-order valence-electron chi connectivity index (χ2n) is 6.33. The lowest BCUT2D eigenvalue weighted by molar-refractivity contribution is -0.139. The quantitative estimate of drug-likeness (QED) is 0.195. The highest BCUT2D eigenvalue weighted by Crippen LogP contribution is 2.10. The Morgan fingerprint density at radius 1 is 1.03 bits per heavy atom.